The highest BCUT2D eigenvalue weighted by atomic mass is 32.2. The molecule has 1 atom stereocenters. The topological polar surface area (TPSA) is 80.4 Å². The van der Waals surface area contributed by atoms with Gasteiger partial charge in [0.2, 0.25) is 10.0 Å². The van der Waals surface area contributed by atoms with Crippen LogP contribution in [0, 0.1) is 0 Å². The van der Waals surface area contributed by atoms with E-state index in [9.17, 15) is 13.5 Å². The minimum absolute atomic E-state index is 0.477. The van der Waals surface area contributed by atoms with Gasteiger partial charge in [0, 0.05) is 0 Å². The number of rotatable bonds is 3. The van der Waals surface area contributed by atoms with Crippen molar-refractivity contribution < 1.29 is 13.5 Å². The van der Waals surface area contributed by atoms with E-state index >= 15 is 0 Å². The van der Waals surface area contributed by atoms with Gasteiger partial charge in [0.25, 0.3) is 0 Å². The predicted octanol–water partition coefficient (Wildman–Crippen LogP) is 0.961. The molecule has 16 heavy (non-hydrogen) atoms. The lowest BCUT2D eigenvalue weighted by Gasteiger charge is -2.38. The highest BCUT2D eigenvalue weighted by Gasteiger charge is 2.50. The van der Waals surface area contributed by atoms with Crippen LogP contribution in [0.1, 0.15) is 26.3 Å². The van der Waals surface area contributed by atoms with Crippen molar-refractivity contribution in [3.8, 4) is 0 Å². The first-order valence-electron chi connectivity index (χ1n) is 4.91. The molecule has 0 bridgehead atoms. The van der Waals surface area contributed by atoms with Crippen LogP contribution in [0.4, 0.5) is 0 Å². The van der Waals surface area contributed by atoms with E-state index in [0.717, 1.165) is 0 Å². The van der Waals surface area contributed by atoms with Gasteiger partial charge in [0.1, 0.15) is 4.75 Å². The molecule has 0 aromatic heterocycles. The number of nitrogens with two attached hydrogens (primary N) is 1. The molecule has 0 aliphatic heterocycles. The molecule has 0 aliphatic carbocycles. The number of sulfonamides is 1. The van der Waals surface area contributed by atoms with Gasteiger partial charge in [-0.1, -0.05) is 30.3 Å². The number of hydrogen-bond donors (Lipinski definition) is 2. The van der Waals surface area contributed by atoms with Crippen LogP contribution >= 0.6 is 0 Å². The standard InChI is InChI=1S/C11H17NO3S/c1-10(2,13)11(3,16(12,14)15)9-7-5-4-6-8-9/h4-8,13H,1-3H3,(H2,12,14,15). The summed E-state index contributed by atoms with van der Waals surface area (Å²) in [6.45, 7) is 4.30. The molecule has 4 nitrogen and oxygen atoms in total. The van der Waals surface area contributed by atoms with Gasteiger partial charge < -0.3 is 5.11 Å². The fraction of sp³-hybridized carbons (Fsp3) is 0.455. The highest BCUT2D eigenvalue weighted by Crippen LogP contribution is 2.38. The maximum atomic E-state index is 11.7. The molecule has 1 rings (SSSR count). The Balaban J connectivity index is 3.52. The second-order valence-electron chi connectivity index (χ2n) is 4.50. The first kappa shape index (κ1) is 13.2. The van der Waals surface area contributed by atoms with Crippen LogP contribution < -0.4 is 5.14 Å². The first-order valence-corrected chi connectivity index (χ1v) is 6.45. The molecule has 0 radical (unpaired) electrons. The van der Waals surface area contributed by atoms with Crippen molar-refractivity contribution >= 4 is 10.0 Å². The average Bonchev–Trinajstić information content (AvgIpc) is 2.14. The second-order valence-corrected chi connectivity index (χ2v) is 6.41. The summed E-state index contributed by atoms with van der Waals surface area (Å²) >= 11 is 0. The van der Waals surface area contributed by atoms with Crippen LogP contribution in [0.2, 0.25) is 0 Å². The van der Waals surface area contributed by atoms with Gasteiger partial charge in [0.05, 0.1) is 5.60 Å². The van der Waals surface area contributed by atoms with E-state index in [1.807, 2.05) is 0 Å². The van der Waals surface area contributed by atoms with Crippen LogP contribution in [-0.4, -0.2) is 19.1 Å². The Morgan fingerprint density at radius 1 is 1.12 bits per heavy atom. The molecule has 3 N–H and O–H groups in total. The number of hydrogen-bond acceptors (Lipinski definition) is 3. The molecule has 1 unspecified atom stereocenters. The third-order valence-electron chi connectivity index (χ3n) is 3.06. The second kappa shape index (κ2) is 3.84. The molecule has 90 valence electrons. The quantitative estimate of drug-likeness (QED) is 0.829. The minimum Gasteiger partial charge on any atom is -0.388 e. The first-order chi connectivity index (χ1) is 7.11. The Morgan fingerprint density at radius 3 is 1.88 bits per heavy atom. The molecule has 1 aromatic carbocycles. The number of benzene rings is 1. The van der Waals surface area contributed by atoms with Crippen LogP contribution in [0.5, 0.6) is 0 Å². The Hall–Kier alpha value is -0.910. The summed E-state index contributed by atoms with van der Waals surface area (Å²) in [5.74, 6) is 0. The molecule has 5 heteroatoms. The molecule has 1 aromatic rings. The van der Waals surface area contributed by atoms with Gasteiger partial charge in [-0.25, -0.2) is 13.6 Å². The summed E-state index contributed by atoms with van der Waals surface area (Å²) in [6.07, 6.45) is 0. The molecular formula is C11H17NO3S. The van der Waals surface area contributed by atoms with E-state index in [1.165, 1.54) is 20.8 Å². The van der Waals surface area contributed by atoms with Crippen molar-refractivity contribution in [2.24, 2.45) is 5.14 Å². The smallest absolute Gasteiger partial charge is 0.221 e. The highest BCUT2D eigenvalue weighted by molar-refractivity contribution is 7.90. The van der Waals surface area contributed by atoms with Crippen molar-refractivity contribution in [1.82, 2.24) is 0 Å². The lowest BCUT2D eigenvalue weighted by atomic mass is 9.85. The van der Waals surface area contributed by atoms with Crippen LogP contribution in [0.3, 0.4) is 0 Å². The Kier molecular flexibility index (Phi) is 3.15. The Morgan fingerprint density at radius 2 is 1.56 bits per heavy atom. The summed E-state index contributed by atoms with van der Waals surface area (Å²) in [6, 6.07) is 8.48. The normalized spacial score (nSPS) is 16.8. The molecular weight excluding hydrogens is 226 g/mol. The van der Waals surface area contributed by atoms with Crippen LogP contribution in [0.25, 0.3) is 0 Å². The summed E-state index contributed by atoms with van der Waals surface area (Å²) in [4.78, 5) is 0. The molecule has 0 aliphatic rings. The van der Waals surface area contributed by atoms with E-state index in [1.54, 1.807) is 30.3 Å². The van der Waals surface area contributed by atoms with Crippen LogP contribution in [-0.2, 0) is 14.8 Å². The summed E-state index contributed by atoms with van der Waals surface area (Å²) < 4.78 is 21.9. The predicted molar refractivity (Wildman–Crippen MR) is 63.2 cm³/mol. The summed E-state index contributed by atoms with van der Waals surface area (Å²) in [5.41, 5.74) is -0.993. The molecule has 0 fully saturated rings. The van der Waals surface area contributed by atoms with Crippen molar-refractivity contribution in [2.75, 3.05) is 0 Å². The maximum Gasteiger partial charge on any atom is 0.221 e. The fourth-order valence-corrected chi connectivity index (χ4v) is 2.78. The van der Waals surface area contributed by atoms with Crippen molar-refractivity contribution in [3.05, 3.63) is 35.9 Å². The van der Waals surface area contributed by atoms with Crippen molar-refractivity contribution in [3.63, 3.8) is 0 Å². The number of aliphatic hydroxyl groups is 1. The Bertz CT molecular complexity index is 462. The molecule has 0 amide bonds. The van der Waals surface area contributed by atoms with Crippen molar-refractivity contribution in [1.29, 1.82) is 0 Å². The van der Waals surface area contributed by atoms with Gasteiger partial charge in [-0.3, -0.25) is 0 Å². The molecule has 0 saturated carbocycles. The van der Waals surface area contributed by atoms with E-state index in [-0.39, 0.29) is 0 Å². The van der Waals surface area contributed by atoms with E-state index in [0.29, 0.717) is 5.56 Å². The zero-order valence-corrected chi connectivity index (χ0v) is 10.5. The largest absolute Gasteiger partial charge is 0.388 e. The van der Waals surface area contributed by atoms with Crippen molar-refractivity contribution in [2.45, 2.75) is 31.1 Å². The van der Waals surface area contributed by atoms with Gasteiger partial charge >= 0.3 is 0 Å². The van der Waals surface area contributed by atoms with E-state index in [2.05, 4.69) is 0 Å². The zero-order chi connectivity index (χ0) is 12.6. The third kappa shape index (κ3) is 1.98. The lowest BCUT2D eigenvalue weighted by molar-refractivity contribution is 0.0373. The monoisotopic (exact) mass is 243 g/mol. The molecule has 0 heterocycles. The van der Waals surface area contributed by atoms with Gasteiger partial charge in [0.15, 0.2) is 0 Å². The van der Waals surface area contributed by atoms with Gasteiger partial charge in [-0.2, -0.15) is 0 Å². The summed E-state index contributed by atoms with van der Waals surface area (Å²) in [5, 5.41) is 15.3. The zero-order valence-electron chi connectivity index (χ0n) is 9.64. The van der Waals surface area contributed by atoms with E-state index in [4.69, 9.17) is 5.14 Å². The lowest BCUT2D eigenvalue weighted by Crippen LogP contribution is -2.53. The number of primary sulfonamides is 1. The molecule has 0 spiro atoms. The Labute approximate surface area is 96.2 Å². The fourth-order valence-electron chi connectivity index (χ4n) is 1.62. The SMILES string of the molecule is CC(C)(O)C(C)(c1ccccc1)S(N)(=O)=O. The maximum absolute atomic E-state index is 11.7. The average molecular weight is 243 g/mol. The third-order valence-corrected chi connectivity index (χ3v) is 4.93. The van der Waals surface area contributed by atoms with Gasteiger partial charge in [-0.15, -0.1) is 0 Å². The minimum atomic E-state index is -3.93. The van der Waals surface area contributed by atoms with E-state index < -0.39 is 20.4 Å². The molecule has 0 saturated heterocycles. The van der Waals surface area contributed by atoms with Crippen LogP contribution in [0.15, 0.2) is 30.3 Å². The summed E-state index contributed by atoms with van der Waals surface area (Å²) in [7, 11) is -3.93. The van der Waals surface area contributed by atoms with Gasteiger partial charge in [-0.05, 0) is 26.3 Å².